The Bertz CT molecular complexity index is 744. The zero-order valence-electron chi connectivity index (χ0n) is 13.9. The van der Waals surface area contributed by atoms with Gasteiger partial charge in [0, 0.05) is 22.5 Å². The van der Waals surface area contributed by atoms with Gasteiger partial charge in [0.05, 0.1) is 29.5 Å². The van der Waals surface area contributed by atoms with Crippen LogP contribution in [0.1, 0.15) is 42.7 Å². The topological polar surface area (TPSA) is 63.0 Å². The molecule has 0 N–H and O–H groups in total. The molecule has 0 aliphatic heterocycles. The van der Waals surface area contributed by atoms with Crippen LogP contribution in [0.5, 0.6) is 0 Å². The number of nitrogens with zero attached hydrogens (tertiary/aromatic N) is 2. The van der Waals surface area contributed by atoms with Gasteiger partial charge in [-0.05, 0) is 19.4 Å². The van der Waals surface area contributed by atoms with Gasteiger partial charge < -0.3 is 4.74 Å². The van der Waals surface area contributed by atoms with Crippen molar-refractivity contribution < 1.29 is 9.53 Å². The first kappa shape index (κ1) is 20.3. The van der Waals surface area contributed by atoms with E-state index in [1.807, 2.05) is 24.3 Å². The lowest BCUT2D eigenvalue weighted by molar-refractivity contribution is 0.0520. The number of aromatic nitrogens is 1. The molecule has 0 unspecified atom stereocenters. The molecule has 0 spiro atoms. The molecule has 1 aromatic heterocycles. The molecule has 0 radical (unpaired) electrons. The number of aryl methyl sites for hydroxylation is 1. The third kappa shape index (κ3) is 4.62. The zero-order valence-corrected chi connectivity index (χ0v) is 15.5. The van der Waals surface area contributed by atoms with Crippen LogP contribution in [-0.2, 0) is 11.2 Å². The van der Waals surface area contributed by atoms with Gasteiger partial charge in [0.25, 0.3) is 0 Å². The predicted octanol–water partition coefficient (Wildman–Crippen LogP) is 4.79. The molecule has 0 saturated heterocycles. The molecule has 24 heavy (non-hydrogen) atoms. The maximum absolute atomic E-state index is 12.5. The number of nitriles is 1. The summed E-state index contributed by atoms with van der Waals surface area (Å²) in [4.78, 5) is 18.1. The number of halogens is 1. The van der Waals surface area contributed by atoms with Crippen molar-refractivity contribution in [3.8, 4) is 6.07 Å². The van der Waals surface area contributed by atoms with E-state index in [0.717, 1.165) is 34.3 Å². The summed E-state index contributed by atoms with van der Waals surface area (Å²) in [6, 6.07) is 9.95. The number of fused-ring (bicyclic) bond motifs is 1. The molecule has 2 aromatic rings. The monoisotopic (exact) mass is 364 g/mol. The molecule has 0 fully saturated rings. The van der Waals surface area contributed by atoms with Crippen molar-refractivity contribution in [3.05, 3.63) is 35.5 Å². The lowest BCUT2D eigenvalue weighted by Crippen LogP contribution is -2.12. The first-order chi connectivity index (χ1) is 11.2. The Kier molecular flexibility index (Phi) is 8.59. The van der Waals surface area contributed by atoms with Crippen molar-refractivity contribution in [2.45, 2.75) is 38.0 Å². The molecular weight excluding hydrogens is 344 g/mol. The average Bonchev–Trinajstić information content (AvgIpc) is 2.55. The summed E-state index contributed by atoms with van der Waals surface area (Å²) >= 11 is 1.53. The van der Waals surface area contributed by atoms with Crippen LogP contribution in [0.25, 0.3) is 10.9 Å². The minimum atomic E-state index is -0.325. The number of benzene rings is 1. The number of thioether (sulfide) groups is 1. The Balaban J connectivity index is 0.00000288. The average molecular weight is 365 g/mol. The van der Waals surface area contributed by atoms with Crippen molar-refractivity contribution in [1.29, 1.82) is 5.26 Å². The standard InChI is InChI=1S/C18H20N2O2S.ClH/c1-3-8-15-16(18(21)22-4-2)17(23-12-7-11-19)13-9-5-6-10-14(13)20-15;/h5-6,9-10H,3-4,7-8,12H2,1-2H3;1H. The summed E-state index contributed by atoms with van der Waals surface area (Å²) in [5.41, 5.74) is 2.22. The Hall–Kier alpha value is -1.77. The third-order valence-corrected chi connectivity index (χ3v) is 4.47. The first-order valence-corrected chi connectivity index (χ1v) is 8.79. The minimum absolute atomic E-state index is 0. The Morgan fingerprint density at radius 3 is 2.75 bits per heavy atom. The quantitative estimate of drug-likeness (QED) is 0.401. The van der Waals surface area contributed by atoms with Gasteiger partial charge in [0.2, 0.25) is 0 Å². The molecule has 0 aliphatic rings. The van der Waals surface area contributed by atoms with E-state index in [0.29, 0.717) is 24.3 Å². The largest absolute Gasteiger partial charge is 0.462 e. The van der Waals surface area contributed by atoms with Crippen LogP contribution in [-0.4, -0.2) is 23.3 Å². The van der Waals surface area contributed by atoms with Crippen molar-refractivity contribution in [2.24, 2.45) is 0 Å². The van der Waals surface area contributed by atoms with Crippen LogP contribution in [0.2, 0.25) is 0 Å². The fourth-order valence-corrected chi connectivity index (χ4v) is 3.48. The van der Waals surface area contributed by atoms with Crippen LogP contribution in [0.15, 0.2) is 29.2 Å². The van der Waals surface area contributed by atoms with Gasteiger partial charge in [-0.1, -0.05) is 31.5 Å². The smallest absolute Gasteiger partial charge is 0.341 e. The van der Waals surface area contributed by atoms with Crippen molar-refractivity contribution in [2.75, 3.05) is 12.4 Å². The molecular formula is C18H21ClN2O2S. The highest BCUT2D eigenvalue weighted by atomic mass is 35.5. The molecule has 4 nitrogen and oxygen atoms in total. The fraction of sp³-hybridized carbons (Fsp3) is 0.389. The molecule has 0 saturated carbocycles. The molecule has 0 amide bonds. The maximum atomic E-state index is 12.5. The number of ether oxygens (including phenoxy) is 1. The number of hydrogen-bond acceptors (Lipinski definition) is 5. The van der Waals surface area contributed by atoms with Crippen molar-refractivity contribution in [3.63, 3.8) is 0 Å². The summed E-state index contributed by atoms with van der Waals surface area (Å²) in [7, 11) is 0. The van der Waals surface area contributed by atoms with Crippen LogP contribution in [0.3, 0.4) is 0 Å². The Morgan fingerprint density at radius 1 is 1.33 bits per heavy atom. The number of para-hydroxylation sites is 1. The normalized spacial score (nSPS) is 10.0. The molecule has 6 heteroatoms. The van der Waals surface area contributed by atoms with Gasteiger partial charge in [0.15, 0.2) is 0 Å². The molecule has 128 valence electrons. The van der Waals surface area contributed by atoms with Gasteiger partial charge in [-0.25, -0.2) is 4.79 Å². The predicted molar refractivity (Wildman–Crippen MR) is 99.9 cm³/mol. The summed E-state index contributed by atoms with van der Waals surface area (Å²) in [5.74, 6) is 0.316. The number of carbonyl (C=O) groups is 1. The van der Waals surface area contributed by atoms with E-state index in [-0.39, 0.29) is 18.4 Å². The summed E-state index contributed by atoms with van der Waals surface area (Å²) in [6.07, 6.45) is 2.07. The van der Waals surface area contributed by atoms with Gasteiger partial charge >= 0.3 is 5.97 Å². The number of pyridine rings is 1. The Morgan fingerprint density at radius 2 is 2.08 bits per heavy atom. The van der Waals surface area contributed by atoms with Crippen LogP contribution in [0, 0.1) is 11.3 Å². The van der Waals surface area contributed by atoms with Crippen molar-refractivity contribution in [1.82, 2.24) is 4.98 Å². The van der Waals surface area contributed by atoms with E-state index in [4.69, 9.17) is 10.00 Å². The molecule has 0 bridgehead atoms. The minimum Gasteiger partial charge on any atom is -0.462 e. The third-order valence-electron chi connectivity index (χ3n) is 3.35. The van der Waals surface area contributed by atoms with Crippen molar-refractivity contribution >= 4 is 41.0 Å². The number of rotatable bonds is 7. The van der Waals surface area contributed by atoms with Crippen LogP contribution >= 0.6 is 24.2 Å². The van der Waals surface area contributed by atoms with E-state index in [1.165, 1.54) is 11.8 Å². The Labute approximate surface area is 153 Å². The van der Waals surface area contributed by atoms with E-state index in [1.54, 1.807) is 6.92 Å². The first-order valence-electron chi connectivity index (χ1n) is 7.81. The molecule has 0 atom stereocenters. The maximum Gasteiger partial charge on any atom is 0.341 e. The zero-order chi connectivity index (χ0) is 16.7. The number of hydrogen-bond donors (Lipinski definition) is 0. The fourth-order valence-electron chi connectivity index (χ4n) is 2.41. The molecule has 1 heterocycles. The number of esters is 1. The highest BCUT2D eigenvalue weighted by Gasteiger charge is 2.22. The molecule has 1 aromatic carbocycles. The van der Waals surface area contributed by atoms with Gasteiger partial charge in [0.1, 0.15) is 0 Å². The van der Waals surface area contributed by atoms with Crippen LogP contribution in [0.4, 0.5) is 0 Å². The lowest BCUT2D eigenvalue weighted by Gasteiger charge is -2.15. The van der Waals surface area contributed by atoms with E-state index in [9.17, 15) is 4.79 Å². The number of carbonyl (C=O) groups excluding carboxylic acids is 1. The summed E-state index contributed by atoms with van der Waals surface area (Å²) < 4.78 is 5.25. The highest BCUT2D eigenvalue weighted by Crippen LogP contribution is 2.34. The molecule has 2 rings (SSSR count). The summed E-state index contributed by atoms with van der Waals surface area (Å²) in [5, 5.41) is 9.73. The second-order valence-electron chi connectivity index (χ2n) is 5.01. The highest BCUT2D eigenvalue weighted by molar-refractivity contribution is 7.99. The SMILES string of the molecule is CCCc1nc2ccccc2c(SCCC#N)c1C(=O)OCC.Cl. The van der Waals surface area contributed by atoms with E-state index in [2.05, 4.69) is 18.0 Å². The lowest BCUT2D eigenvalue weighted by atomic mass is 10.1. The van der Waals surface area contributed by atoms with Crippen LogP contribution < -0.4 is 0 Å². The molecule has 0 aliphatic carbocycles. The van der Waals surface area contributed by atoms with E-state index >= 15 is 0 Å². The summed E-state index contributed by atoms with van der Waals surface area (Å²) in [6.45, 7) is 4.20. The van der Waals surface area contributed by atoms with E-state index < -0.39 is 0 Å². The second-order valence-corrected chi connectivity index (χ2v) is 6.11. The second kappa shape index (κ2) is 10.2. The van der Waals surface area contributed by atoms with Gasteiger partial charge in [-0.2, -0.15) is 5.26 Å². The van der Waals surface area contributed by atoms with Gasteiger partial charge in [-0.3, -0.25) is 4.98 Å². The van der Waals surface area contributed by atoms with Gasteiger partial charge in [-0.15, -0.1) is 24.2 Å².